The number of nitriles is 1. The Morgan fingerprint density at radius 1 is 0.714 bits per heavy atom. The molecule has 0 aliphatic rings. The molecule has 3 heteroatoms. The maximum Gasteiger partial charge on any atom is 0.100 e. The van der Waals surface area contributed by atoms with Crippen LogP contribution < -0.4 is 0 Å². The molecule has 1 aromatic heterocycles. The minimum Gasteiger partial charge on any atom is -0.192 e. The summed E-state index contributed by atoms with van der Waals surface area (Å²) >= 11 is 8.29. The second-order valence-corrected chi connectivity index (χ2v) is 8.15. The maximum absolute atomic E-state index is 10.1. The fourth-order valence-corrected chi connectivity index (χ4v) is 5.13. The second-order valence-electron chi connectivity index (χ2n) is 6.63. The van der Waals surface area contributed by atoms with E-state index in [1.807, 2.05) is 42.5 Å². The summed E-state index contributed by atoms with van der Waals surface area (Å²) in [4.78, 5) is 0. The zero-order chi connectivity index (χ0) is 19.1. The molecule has 0 radical (unpaired) electrons. The van der Waals surface area contributed by atoms with Crippen LogP contribution >= 0.6 is 22.9 Å². The van der Waals surface area contributed by atoms with Gasteiger partial charge in [0.25, 0.3) is 0 Å². The quantitative estimate of drug-likeness (QED) is 0.298. The fraction of sp³-hybridized carbons (Fsp3) is 0. The number of rotatable bonds is 2. The first-order valence-corrected chi connectivity index (χ1v) is 10.2. The van der Waals surface area contributed by atoms with E-state index in [4.69, 9.17) is 11.6 Å². The Kier molecular flexibility index (Phi) is 4.13. The van der Waals surface area contributed by atoms with Crippen molar-refractivity contribution in [1.29, 1.82) is 5.26 Å². The van der Waals surface area contributed by atoms with Gasteiger partial charge in [-0.25, -0.2) is 0 Å². The number of hydrogen-bond acceptors (Lipinski definition) is 2. The smallest absolute Gasteiger partial charge is 0.100 e. The first-order chi connectivity index (χ1) is 13.8. The first kappa shape index (κ1) is 17.0. The molecular formula is C25H14ClNS. The lowest BCUT2D eigenvalue weighted by Crippen LogP contribution is -1.91. The highest BCUT2D eigenvalue weighted by Crippen LogP contribution is 2.43. The monoisotopic (exact) mass is 395 g/mol. The highest BCUT2D eigenvalue weighted by molar-refractivity contribution is 7.25. The maximum atomic E-state index is 10.1. The van der Waals surface area contributed by atoms with Gasteiger partial charge in [0.1, 0.15) is 6.07 Å². The van der Waals surface area contributed by atoms with Crippen molar-refractivity contribution in [3.05, 3.63) is 95.5 Å². The number of nitrogens with zero attached hydrogens (tertiary/aromatic N) is 1. The van der Waals surface area contributed by atoms with Gasteiger partial charge in [0.15, 0.2) is 0 Å². The van der Waals surface area contributed by atoms with Crippen molar-refractivity contribution in [2.24, 2.45) is 0 Å². The van der Waals surface area contributed by atoms with E-state index in [0.29, 0.717) is 10.6 Å². The van der Waals surface area contributed by atoms with E-state index in [0.717, 1.165) is 22.3 Å². The predicted octanol–water partition coefficient (Wildman–Crippen LogP) is 7.91. The third kappa shape index (κ3) is 2.68. The van der Waals surface area contributed by atoms with Gasteiger partial charge in [-0.05, 0) is 35.4 Å². The van der Waals surface area contributed by atoms with E-state index in [9.17, 15) is 5.26 Å². The number of thiophene rings is 1. The van der Waals surface area contributed by atoms with Crippen LogP contribution in [0.3, 0.4) is 0 Å². The molecule has 0 atom stereocenters. The zero-order valence-corrected chi connectivity index (χ0v) is 16.4. The number of halogens is 1. The molecule has 5 rings (SSSR count). The molecule has 5 aromatic rings. The van der Waals surface area contributed by atoms with Crippen LogP contribution in [0.15, 0.2) is 84.9 Å². The third-order valence-electron chi connectivity index (χ3n) is 4.99. The van der Waals surface area contributed by atoms with Crippen molar-refractivity contribution >= 4 is 43.1 Å². The van der Waals surface area contributed by atoms with E-state index >= 15 is 0 Å². The lowest BCUT2D eigenvalue weighted by atomic mass is 9.90. The Labute approximate surface area is 172 Å². The van der Waals surface area contributed by atoms with Crippen LogP contribution in [-0.2, 0) is 0 Å². The molecule has 0 amide bonds. The molecule has 4 aromatic carbocycles. The minimum atomic E-state index is 0.629. The van der Waals surface area contributed by atoms with E-state index < -0.39 is 0 Å². The van der Waals surface area contributed by atoms with Crippen molar-refractivity contribution in [2.45, 2.75) is 0 Å². The van der Waals surface area contributed by atoms with Gasteiger partial charge in [-0.2, -0.15) is 5.26 Å². The normalized spacial score (nSPS) is 11.0. The fourth-order valence-electron chi connectivity index (χ4n) is 3.78. The number of fused-ring (bicyclic) bond motifs is 3. The summed E-state index contributed by atoms with van der Waals surface area (Å²) in [7, 11) is 0. The molecule has 0 aliphatic carbocycles. The molecule has 0 bridgehead atoms. The topological polar surface area (TPSA) is 23.8 Å². The first-order valence-electron chi connectivity index (χ1n) is 8.96. The van der Waals surface area contributed by atoms with Crippen LogP contribution in [0.1, 0.15) is 5.56 Å². The van der Waals surface area contributed by atoms with E-state index in [-0.39, 0.29) is 0 Å². The van der Waals surface area contributed by atoms with Crippen LogP contribution in [0.25, 0.3) is 42.4 Å². The molecule has 1 nitrogen and oxygen atoms in total. The highest BCUT2D eigenvalue weighted by Gasteiger charge is 2.17. The summed E-state index contributed by atoms with van der Waals surface area (Å²) in [6.07, 6.45) is 0. The molecule has 0 N–H and O–H groups in total. The summed E-state index contributed by atoms with van der Waals surface area (Å²) in [5, 5.41) is 13.1. The molecule has 0 spiro atoms. The van der Waals surface area contributed by atoms with E-state index in [2.05, 4.69) is 48.5 Å². The van der Waals surface area contributed by atoms with Crippen molar-refractivity contribution in [2.75, 3.05) is 0 Å². The average Bonchev–Trinajstić information content (AvgIpc) is 3.12. The molecule has 0 unspecified atom stereocenters. The standard InChI is InChI=1S/C25H14ClNS/c26-17-13-20(16-7-2-1-3-8-16)22(15-27)21(14-17)18-10-6-12-24-25(18)19-9-4-5-11-23(19)28-24/h1-14H. The van der Waals surface area contributed by atoms with Gasteiger partial charge in [-0.15, -0.1) is 11.3 Å². The second kappa shape index (κ2) is 6.80. The Balaban J connectivity index is 1.89. The van der Waals surface area contributed by atoms with Crippen LogP contribution in [0.2, 0.25) is 5.02 Å². The van der Waals surface area contributed by atoms with Crippen LogP contribution in [-0.4, -0.2) is 0 Å². The van der Waals surface area contributed by atoms with Crippen LogP contribution in [0.4, 0.5) is 0 Å². The largest absolute Gasteiger partial charge is 0.192 e. The highest BCUT2D eigenvalue weighted by atomic mass is 35.5. The third-order valence-corrected chi connectivity index (χ3v) is 6.35. The molecule has 1 heterocycles. The van der Waals surface area contributed by atoms with Crippen molar-refractivity contribution in [3.8, 4) is 28.3 Å². The molecule has 0 fully saturated rings. The summed E-state index contributed by atoms with van der Waals surface area (Å²) < 4.78 is 2.46. The van der Waals surface area contributed by atoms with Crippen LogP contribution in [0, 0.1) is 11.3 Å². The Bertz CT molecular complexity index is 1380. The van der Waals surface area contributed by atoms with Gasteiger partial charge in [-0.3, -0.25) is 0 Å². The lowest BCUT2D eigenvalue weighted by Gasteiger charge is -2.13. The van der Waals surface area contributed by atoms with Crippen LogP contribution in [0.5, 0.6) is 0 Å². The molecule has 132 valence electrons. The van der Waals surface area contributed by atoms with Crippen molar-refractivity contribution in [1.82, 2.24) is 0 Å². The summed E-state index contributed by atoms with van der Waals surface area (Å²) in [5.41, 5.74) is 4.43. The van der Waals surface area contributed by atoms with Gasteiger partial charge in [-0.1, -0.05) is 72.3 Å². The number of benzene rings is 4. The Morgan fingerprint density at radius 2 is 1.43 bits per heavy atom. The van der Waals surface area contributed by atoms with Gasteiger partial charge in [0, 0.05) is 36.3 Å². The van der Waals surface area contributed by atoms with Crippen molar-refractivity contribution < 1.29 is 0 Å². The summed E-state index contributed by atoms with van der Waals surface area (Å²) in [5.74, 6) is 0. The number of hydrogen-bond donors (Lipinski definition) is 0. The van der Waals surface area contributed by atoms with E-state index in [1.165, 1.54) is 20.2 Å². The van der Waals surface area contributed by atoms with Crippen molar-refractivity contribution in [3.63, 3.8) is 0 Å². The van der Waals surface area contributed by atoms with Gasteiger partial charge >= 0.3 is 0 Å². The molecule has 0 saturated carbocycles. The summed E-state index contributed by atoms with van der Waals surface area (Å²) in [6.45, 7) is 0. The molecule has 28 heavy (non-hydrogen) atoms. The predicted molar refractivity (Wildman–Crippen MR) is 120 cm³/mol. The zero-order valence-electron chi connectivity index (χ0n) is 14.8. The summed E-state index contributed by atoms with van der Waals surface area (Å²) in [6, 6.07) is 30.9. The van der Waals surface area contributed by atoms with E-state index in [1.54, 1.807) is 11.3 Å². The van der Waals surface area contributed by atoms with Gasteiger partial charge < -0.3 is 0 Å². The SMILES string of the molecule is N#Cc1c(-c2ccccc2)cc(Cl)cc1-c1cccc2sc3ccccc3c12. The average molecular weight is 396 g/mol. The van der Waals surface area contributed by atoms with Gasteiger partial charge in [0.05, 0.1) is 5.56 Å². The Hall–Kier alpha value is -3.12. The minimum absolute atomic E-state index is 0.629. The lowest BCUT2D eigenvalue weighted by molar-refractivity contribution is 1.47. The Morgan fingerprint density at radius 3 is 2.25 bits per heavy atom. The molecule has 0 saturated heterocycles. The molecule has 0 aliphatic heterocycles. The molecular weight excluding hydrogens is 382 g/mol. The van der Waals surface area contributed by atoms with Gasteiger partial charge in [0.2, 0.25) is 0 Å².